The molecule has 18 heavy (non-hydrogen) atoms. The number of hydrogen-bond donors (Lipinski definition) is 0. The molecule has 0 spiro atoms. The van der Waals surface area contributed by atoms with Crippen LogP contribution >= 0.6 is 0 Å². The lowest BCUT2D eigenvalue weighted by Gasteiger charge is -2.28. The zero-order valence-corrected chi connectivity index (χ0v) is 11.7. The van der Waals surface area contributed by atoms with E-state index in [1.807, 2.05) is 0 Å². The van der Waals surface area contributed by atoms with Gasteiger partial charge in [0.25, 0.3) is 0 Å². The Balaban J connectivity index is 1.85. The van der Waals surface area contributed by atoms with Crippen LogP contribution in [0.2, 0.25) is 0 Å². The predicted molar refractivity (Wildman–Crippen MR) is 77.9 cm³/mol. The minimum absolute atomic E-state index is 0.394. The van der Waals surface area contributed by atoms with Gasteiger partial charge in [0, 0.05) is 0 Å². The molecule has 1 aromatic carbocycles. The number of rotatable bonds is 3. The summed E-state index contributed by atoms with van der Waals surface area (Å²) in [6.45, 7) is 8.87. The van der Waals surface area contributed by atoms with Gasteiger partial charge in [-0.05, 0) is 60.5 Å². The monoisotopic (exact) mass is 240 g/mol. The molecule has 0 heteroatoms. The Hall–Kier alpha value is -1.04. The second-order valence-electron chi connectivity index (χ2n) is 6.50. The average Bonchev–Trinajstić information content (AvgIpc) is 2.99. The van der Waals surface area contributed by atoms with Gasteiger partial charge in [0.2, 0.25) is 0 Å². The Morgan fingerprint density at radius 2 is 1.94 bits per heavy atom. The van der Waals surface area contributed by atoms with Crippen molar-refractivity contribution in [1.29, 1.82) is 0 Å². The van der Waals surface area contributed by atoms with Gasteiger partial charge in [0.15, 0.2) is 0 Å². The molecule has 2 fully saturated rings. The molecule has 0 aliphatic heterocycles. The highest BCUT2D eigenvalue weighted by molar-refractivity contribution is 5.36. The van der Waals surface area contributed by atoms with Crippen LogP contribution in [0.25, 0.3) is 0 Å². The van der Waals surface area contributed by atoms with Gasteiger partial charge in [-0.3, -0.25) is 0 Å². The van der Waals surface area contributed by atoms with Gasteiger partial charge in [0.05, 0.1) is 0 Å². The molecule has 1 aromatic rings. The van der Waals surface area contributed by atoms with Gasteiger partial charge in [-0.25, -0.2) is 0 Å². The van der Waals surface area contributed by atoms with Crippen LogP contribution in [-0.4, -0.2) is 0 Å². The van der Waals surface area contributed by atoms with E-state index in [4.69, 9.17) is 0 Å². The maximum Gasteiger partial charge on any atom is -0.000956 e. The molecule has 0 bridgehead atoms. The third-order valence-electron chi connectivity index (χ3n) is 5.28. The molecule has 0 saturated heterocycles. The zero-order chi connectivity index (χ0) is 12.8. The quantitative estimate of drug-likeness (QED) is 0.637. The lowest BCUT2D eigenvalue weighted by atomic mass is 9.76. The maximum atomic E-state index is 4.19. The topological polar surface area (TPSA) is 0 Å². The van der Waals surface area contributed by atoms with Crippen LogP contribution in [0.1, 0.15) is 63.0 Å². The van der Waals surface area contributed by atoms with Crippen LogP contribution in [0.3, 0.4) is 0 Å². The number of allylic oxidation sites excluding steroid dienone is 1. The van der Waals surface area contributed by atoms with Crippen molar-refractivity contribution in [2.45, 2.75) is 57.3 Å². The molecule has 2 aliphatic carbocycles. The fourth-order valence-corrected chi connectivity index (χ4v) is 3.69. The van der Waals surface area contributed by atoms with Gasteiger partial charge in [-0.1, -0.05) is 50.3 Å². The van der Waals surface area contributed by atoms with Crippen LogP contribution < -0.4 is 0 Å². The van der Waals surface area contributed by atoms with Crippen molar-refractivity contribution in [3.05, 3.63) is 47.5 Å². The highest BCUT2D eigenvalue weighted by atomic mass is 14.4. The molecule has 0 N–H and O–H groups in total. The lowest BCUT2D eigenvalue weighted by Crippen LogP contribution is -2.20. The van der Waals surface area contributed by atoms with Crippen molar-refractivity contribution in [2.24, 2.45) is 5.92 Å². The van der Waals surface area contributed by atoms with Gasteiger partial charge >= 0.3 is 0 Å². The molecule has 3 unspecified atom stereocenters. The molecular formula is C18H24. The minimum atomic E-state index is 0.394. The second-order valence-corrected chi connectivity index (χ2v) is 6.50. The predicted octanol–water partition coefficient (Wildman–Crippen LogP) is 5.20. The Bertz CT molecular complexity index is 453. The molecule has 3 rings (SSSR count). The number of hydrogen-bond acceptors (Lipinski definition) is 0. The van der Waals surface area contributed by atoms with Gasteiger partial charge in [-0.15, -0.1) is 0 Å². The van der Waals surface area contributed by atoms with E-state index >= 15 is 0 Å². The van der Waals surface area contributed by atoms with E-state index in [9.17, 15) is 0 Å². The van der Waals surface area contributed by atoms with Crippen LogP contribution in [-0.2, 0) is 5.41 Å². The summed E-state index contributed by atoms with van der Waals surface area (Å²) < 4.78 is 0. The van der Waals surface area contributed by atoms with E-state index in [2.05, 4.69) is 44.7 Å². The van der Waals surface area contributed by atoms with E-state index in [1.165, 1.54) is 37.7 Å². The maximum absolute atomic E-state index is 4.19. The third-order valence-corrected chi connectivity index (χ3v) is 5.28. The standard InChI is InChI=1S/C18H24/c1-4-18(10-9-13(2)12-18)16-7-5-15(6-8-16)17-11-14(17)3/h5-8,14,17H,2,4,9-12H2,1,3H3. The summed E-state index contributed by atoms with van der Waals surface area (Å²) in [4.78, 5) is 0. The van der Waals surface area contributed by atoms with Crippen molar-refractivity contribution in [3.8, 4) is 0 Å². The summed E-state index contributed by atoms with van der Waals surface area (Å²) in [5.41, 5.74) is 4.93. The normalized spacial score (nSPS) is 34.9. The van der Waals surface area contributed by atoms with Crippen LogP contribution in [0.15, 0.2) is 36.4 Å². The summed E-state index contributed by atoms with van der Waals surface area (Å²) in [5, 5.41) is 0. The molecule has 0 nitrogen and oxygen atoms in total. The first-order chi connectivity index (χ1) is 8.64. The smallest absolute Gasteiger partial charge is 0.000956 e. The molecular weight excluding hydrogens is 216 g/mol. The highest BCUT2D eigenvalue weighted by Gasteiger charge is 2.37. The molecule has 96 valence electrons. The Kier molecular flexibility index (Phi) is 2.84. The van der Waals surface area contributed by atoms with Gasteiger partial charge < -0.3 is 0 Å². The fourth-order valence-electron chi connectivity index (χ4n) is 3.69. The number of benzene rings is 1. The van der Waals surface area contributed by atoms with Crippen molar-refractivity contribution in [2.75, 3.05) is 0 Å². The molecule has 3 atom stereocenters. The van der Waals surface area contributed by atoms with Crippen molar-refractivity contribution >= 4 is 0 Å². The second kappa shape index (κ2) is 4.26. The van der Waals surface area contributed by atoms with Crippen molar-refractivity contribution < 1.29 is 0 Å². The Labute approximate surface area is 111 Å². The molecule has 2 aliphatic rings. The summed E-state index contributed by atoms with van der Waals surface area (Å²) in [7, 11) is 0. The molecule has 0 aromatic heterocycles. The van der Waals surface area contributed by atoms with Crippen LogP contribution in [0, 0.1) is 5.92 Å². The summed E-state index contributed by atoms with van der Waals surface area (Å²) >= 11 is 0. The summed E-state index contributed by atoms with van der Waals surface area (Å²) in [6.07, 6.45) is 6.33. The Morgan fingerprint density at radius 1 is 1.28 bits per heavy atom. The van der Waals surface area contributed by atoms with E-state index < -0.39 is 0 Å². The highest BCUT2D eigenvalue weighted by Crippen LogP contribution is 2.49. The van der Waals surface area contributed by atoms with Crippen molar-refractivity contribution in [1.82, 2.24) is 0 Å². The molecule has 0 amide bonds. The SMILES string of the molecule is C=C1CCC(CC)(c2ccc(C3CC3C)cc2)C1. The van der Waals surface area contributed by atoms with Gasteiger partial charge in [0.1, 0.15) is 0 Å². The Morgan fingerprint density at radius 3 is 2.39 bits per heavy atom. The molecule has 0 radical (unpaired) electrons. The third kappa shape index (κ3) is 1.92. The minimum Gasteiger partial charge on any atom is -0.0998 e. The van der Waals surface area contributed by atoms with Crippen LogP contribution in [0.5, 0.6) is 0 Å². The molecule has 0 heterocycles. The van der Waals surface area contributed by atoms with Crippen molar-refractivity contribution in [3.63, 3.8) is 0 Å². The van der Waals surface area contributed by atoms with E-state index in [0.717, 1.165) is 11.8 Å². The first-order valence-electron chi connectivity index (χ1n) is 7.42. The first kappa shape index (κ1) is 12.0. The van der Waals surface area contributed by atoms with Gasteiger partial charge in [-0.2, -0.15) is 0 Å². The zero-order valence-electron chi connectivity index (χ0n) is 11.7. The summed E-state index contributed by atoms with van der Waals surface area (Å²) in [6, 6.07) is 9.54. The summed E-state index contributed by atoms with van der Waals surface area (Å²) in [5.74, 6) is 1.75. The average molecular weight is 240 g/mol. The van der Waals surface area contributed by atoms with E-state index in [0.29, 0.717) is 5.41 Å². The van der Waals surface area contributed by atoms with E-state index in [1.54, 1.807) is 11.1 Å². The lowest BCUT2D eigenvalue weighted by molar-refractivity contribution is 0.431. The van der Waals surface area contributed by atoms with E-state index in [-0.39, 0.29) is 0 Å². The first-order valence-corrected chi connectivity index (χ1v) is 7.42. The molecule has 2 saturated carbocycles. The fraction of sp³-hybridized carbons (Fsp3) is 0.556. The largest absolute Gasteiger partial charge is 0.0998 e. The van der Waals surface area contributed by atoms with Crippen LogP contribution in [0.4, 0.5) is 0 Å².